The van der Waals surface area contributed by atoms with Crippen molar-refractivity contribution in [2.45, 2.75) is 32.2 Å². The van der Waals surface area contributed by atoms with Gasteiger partial charge in [-0.1, -0.05) is 17.8 Å². The molecule has 0 amide bonds. The highest BCUT2D eigenvalue weighted by molar-refractivity contribution is 7.17. The van der Waals surface area contributed by atoms with E-state index in [0.717, 1.165) is 42.8 Å². The number of carbonyl (C=O) groups is 1. The Labute approximate surface area is 118 Å². The maximum Gasteiger partial charge on any atom is 0.264 e. The first kappa shape index (κ1) is 12.9. The number of nitrogens with two attached hydrogens (primary N) is 1. The third kappa shape index (κ3) is 2.22. The Morgan fingerprint density at radius 2 is 2.15 bits per heavy atom. The van der Waals surface area contributed by atoms with Crippen molar-refractivity contribution in [3.8, 4) is 0 Å². The SMILES string of the molecule is Nc1nnc(C(=O)c2cnc3n(c2=O)CCCCC3)s1. The molecule has 0 radical (unpaired) electrons. The molecule has 0 aromatic carbocycles. The van der Waals surface area contributed by atoms with E-state index in [1.807, 2.05) is 0 Å². The first-order valence-corrected chi connectivity index (χ1v) is 7.21. The van der Waals surface area contributed by atoms with Crippen molar-refractivity contribution < 1.29 is 4.79 Å². The maximum atomic E-state index is 12.4. The molecule has 1 aliphatic heterocycles. The molecule has 1 aliphatic rings. The molecule has 0 saturated heterocycles. The quantitative estimate of drug-likeness (QED) is 0.814. The van der Waals surface area contributed by atoms with Gasteiger partial charge in [-0.05, 0) is 12.8 Å². The summed E-state index contributed by atoms with van der Waals surface area (Å²) in [6.07, 6.45) is 5.14. The number of aromatic nitrogens is 4. The van der Waals surface area contributed by atoms with Gasteiger partial charge in [0.05, 0.1) is 0 Å². The van der Waals surface area contributed by atoms with Gasteiger partial charge >= 0.3 is 0 Å². The van der Waals surface area contributed by atoms with Gasteiger partial charge < -0.3 is 5.73 Å². The van der Waals surface area contributed by atoms with Crippen molar-refractivity contribution in [3.63, 3.8) is 0 Å². The van der Waals surface area contributed by atoms with Gasteiger partial charge in [-0.3, -0.25) is 14.2 Å². The van der Waals surface area contributed by atoms with Gasteiger partial charge in [-0.2, -0.15) is 0 Å². The fourth-order valence-electron chi connectivity index (χ4n) is 2.28. The number of hydrogen-bond donors (Lipinski definition) is 1. The minimum Gasteiger partial charge on any atom is -0.374 e. The molecule has 2 N–H and O–H groups in total. The second-order valence-corrected chi connectivity index (χ2v) is 5.64. The van der Waals surface area contributed by atoms with Crippen molar-refractivity contribution in [2.24, 2.45) is 0 Å². The Hall–Kier alpha value is -2.09. The fraction of sp³-hybridized carbons (Fsp3) is 0.417. The summed E-state index contributed by atoms with van der Waals surface area (Å²) in [6.45, 7) is 0.612. The van der Waals surface area contributed by atoms with Crippen LogP contribution in [0, 0.1) is 0 Å². The zero-order valence-electron chi connectivity index (χ0n) is 10.7. The van der Waals surface area contributed by atoms with Crippen LogP contribution in [0.15, 0.2) is 11.0 Å². The van der Waals surface area contributed by atoms with Crippen molar-refractivity contribution >= 4 is 22.3 Å². The molecule has 0 bridgehead atoms. The van der Waals surface area contributed by atoms with E-state index in [1.54, 1.807) is 4.57 Å². The second-order valence-electron chi connectivity index (χ2n) is 4.63. The van der Waals surface area contributed by atoms with E-state index in [1.165, 1.54) is 6.20 Å². The first-order valence-electron chi connectivity index (χ1n) is 6.39. The molecule has 0 aliphatic carbocycles. The van der Waals surface area contributed by atoms with E-state index in [4.69, 9.17) is 5.73 Å². The Balaban J connectivity index is 2.05. The highest BCUT2D eigenvalue weighted by Crippen LogP contribution is 2.15. The van der Waals surface area contributed by atoms with Crippen molar-refractivity contribution in [1.29, 1.82) is 0 Å². The van der Waals surface area contributed by atoms with Gasteiger partial charge in [0.25, 0.3) is 5.56 Å². The molecule has 3 heterocycles. The van der Waals surface area contributed by atoms with Crippen LogP contribution in [-0.2, 0) is 13.0 Å². The van der Waals surface area contributed by atoms with Gasteiger partial charge in [0.15, 0.2) is 5.01 Å². The summed E-state index contributed by atoms with van der Waals surface area (Å²) in [5.41, 5.74) is 5.20. The average Bonchev–Trinajstić information content (AvgIpc) is 2.73. The Morgan fingerprint density at radius 1 is 1.30 bits per heavy atom. The molecule has 2 aromatic heterocycles. The Kier molecular flexibility index (Phi) is 3.31. The fourth-order valence-corrected chi connectivity index (χ4v) is 2.85. The predicted molar refractivity (Wildman–Crippen MR) is 73.8 cm³/mol. The summed E-state index contributed by atoms with van der Waals surface area (Å²) in [6, 6.07) is 0. The number of nitrogen functional groups attached to an aromatic ring is 1. The molecule has 0 saturated carbocycles. The van der Waals surface area contributed by atoms with E-state index in [2.05, 4.69) is 15.2 Å². The number of hydrogen-bond acceptors (Lipinski definition) is 7. The summed E-state index contributed by atoms with van der Waals surface area (Å²) in [4.78, 5) is 28.9. The molecule has 20 heavy (non-hydrogen) atoms. The first-order chi connectivity index (χ1) is 9.66. The number of fused-ring (bicyclic) bond motifs is 1. The molecule has 0 fully saturated rings. The van der Waals surface area contributed by atoms with Crippen LogP contribution in [0.2, 0.25) is 0 Å². The van der Waals surface area contributed by atoms with Crippen molar-refractivity contribution in [2.75, 3.05) is 5.73 Å². The highest BCUT2D eigenvalue weighted by Gasteiger charge is 2.21. The lowest BCUT2D eigenvalue weighted by atomic mass is 10.2. The standard InChI is InChI=1S/C12H13N5O2S/c13-12-16-15-10(20-12)9(18)7-6-14-8-4-2-1-3-5-17(8)11(7)19/h6H,1-5H2,(H2,13,16). The highest BCUT2D eigenvalue weighted by atomic mass is 32.1. The van der Waals surface area contributed by atoms with E-state index in [-0.39, 0.29) is 21.3 Å². The van der Waals surface area contributed by atoms with Crippen LogP contribution in [0.3, 0.4) is 0 Å². The number of ketones is 1. The van der Waals surface area contributed by atoms with E-state index >= 15 is 0 Å². The van der Waals surface area contributed by atoms with Crippen LogP contribution in [0.1, 0.15) is 40.5 Å². The van der Waals surface area contributed by atoms with Crippen LogP contribution in [0.5, 0.6) is 0 Å². The van der Waals surface area contributed by atoms with Gasteiger partial charge in [-0.25, -0.2) is 4.98 Å². The lowest BCUT2D eigenvalue weighted by Gasteiger charge is -2.08. The Morgan fingerprint density at radius 3 is 2.90 bits per heavy atom. The van der Waals surface area contributed by atoms with Crippen LogP contribution < -0.4 is 11.3 Å². The summed E-state index contributed by atoms with van der Waals surface area (Å²) >= 11 is 0.971. The lowest BCUT2D eigenvalue weighted by Crippen LogP contribution is -2.29. The largest absolute Gasteiger partial charge is 0.374 e. The number of nitrogens with zero attached hydrogens (tertiary/aromatic N) is 4. The van der Waals surface area contributed by atoms with Gasteiger partial charge in [0, 0.05) is 19.2 Å². The molecule has 8 heteroatoms. The summed E-state index contributed by atoms with van der Waals surface area (Å²) in [5, 5.41) is 7.60. The van der Waals surface area contributed by atoms with Gasteiger partial charge in [-0.15, -0.1) is 10.2 Å². The minimum atomic E-state index is -0.462. The van der Waals surface area contributed by atoms with E-state index in [0.29, 0.717) is 6.54 Å². The third-order valence-electron chi connectivity index (χ3n) is 3.29. The summed E-state index contributed by atoms with van der Waals surface area (Å²) < 4.78 is 1.60. The topological polar surface area (TPSA) is 104 Å². The lowest BCUT2D eigenvalue weighted by molar-refractivity contribution is 0.103. The second kappa shape index (κ2) is 5.12. The molecule has 2 aromatic rings. The van der Waals surface area contributed by atoms with Crippen LogP contribution in [0.4, 0.5) is 5.13 Å². The van der Waals surface area contributed by atoms with E-state index in [9.17, 15) is 9.59 Å². The van der Waals surface area contributed by atoms with Crippen molar-refractivity contribution in [1.82, 2.24) is 19.7 Å². The number of aryl methyl sites for hydroxylation is 1. The van der Waals surface area contributed by atoms with Crippen LogP contribution in [0.25, 0.3) is 0 Å². The zero-order valence-corrected chi connectivity index (χ0v) is 11.5. The summed E-state index contributed by atoms with van der Waals surface area (Å²) in [7, 11) is 0. The van der Waals surface area contributed by atoms with E-state index < -0.39 is 5.78 Å². The molecular formula is C12H13N5O2S. The monoisotopic (exact) mass is 291 g/mol. The predicted octanol–water partition coefficient (Wildman–Crippen LogP) is 0.634. The summed E-state index contributed by atoms with van der Waals surface area (Å²) in [5.74, 6) is 0.289. The number of carbonyl (C=O) groups excluding carboxylic acids is 1. The smallest absolute Gasteiger partial charge is 0.264 e. The van der Waals surface area contributed by atoms with Gasteiger partial charge in [0.2, 0.25) is 10.9 Å². The molecule has 7 nitrogen and oxygen atoms in total. The number of rotatable bonds is 2. The molecule has 0 unspecified atom stereocenters. The third-order valence-corrected chi connectivity index (χ3v) is 4.04. The Bertz CT molecular complexity index is 721. The molecule has 0 spiro atoms. The molecule has 0 atom stereocenters. The normalized spacial score (nSPS) is 14.6. The molecular weight excluding hydrogens is 278 g/mol. The zero-order chi connectivity index (χ0) is 14.1. The van der Waals surface area contributed by atoms with Crippen molar-refractivity contribution in [3.05, 3.63) is 32.9 Å². The van der Waals surface area contributed by atoms with Gasteiger partial charge in [0.1, 0.15) is 11.4 Å². The average molecular weight is 291 g/mol. The number of anilines is 1. The molecule has 104 valence electrons. The minimum absolute atomic E-state index is 0.0341. The van der Waals surface area contributed by atoms with Crippen LogP contribution >= 0.6 is 11.3 Å². The van der Waals surface area contributed by atoms with Crippen LogP contribution in [-0.4, -0.2) is 25.5 Å². The maximum absolute atomic E-state index is 12.4. The molecule has 3 rings (SSSR count).